The smallest absolute Gasteiger partial charge is 0.299 e. The second-order valence-electron chi connectivity index (χ2n) is 7.41. The molecule has 0 saturated carbocycles. The SMILES string of the molecule is Cn1nc(C2CCN(Cc3cccc([N+](=O)[O-])c3)CC2)n(-c2ccccc2)c1=O. The Morgan fingerprint density at radius 3 is 2.52 bits per heavy atom. The number of nitrogens with zero attached hydrogens (tertiary/aromatic N) is 5. The summed E-state index contributed by atoms with van der Waals surface area (Å²) in [6.45, 7) is 2.39. The highest BCUT2D eigenvalue weighted by molar-refractivity contribution is 5.34. The summed E-state index contributed by atoms with van der Waals surface area (Å²) in [7, 11) is 1.68. The molecule has 29 heavy (non-hydrogen) atoms. The molecular weight excluding hydrogens is 370 g/mol. The van der Waals surface area contributed by atoms with Crippen LogP contribution in [0.25, 0.3) is 5.69 Å². The summed E-state index contributed by atoms with van der Waals surface area (Å²) in [5, 5.41) is 15.5. The maximum absolute atomic E-state index is 12.6. The second-order valence-corrected chi connectivity index (χ2v) is 7.41. The topological polar surface area (TPSA) is 86.2 Å². The van der Waals surface area contributed by atoms with Crippen LogP contribution in [0.2, 0.25) is 0 Å². The molecule has 1 aliphatic rings. The average molecular weight is 393 g/mol. The molecule has 8 heteroatoms. The lowest BCUT2D eigenvalue weighted by molar-refractivity contribution is -0.384. The molecule has 0 spiro atoms. The predicted molar refractivity (Wildman–Crippen MR) is 109 cm³/mol. The number of nitro benzene ring substituents is 1. The third-order valence-electron chi connectivity index (χ3n) is 5.44. The first kappa shape index (κ1) is 19.1. The lowest BCUT2D eigenvalue weighted by Gasteiger charge is -2.31. The minimum atomic E-state index is -0.361. The van der Waals surface area contributed by atoms with Gasteiger partial charge in [-0.3, -0.25) is 15.0 Å². The summed E-state index contributed by atoms with van der Waals surface area (Å²) >= 11 is 0. The molecule has 8 nitrogen and oxygen atoms in total. The van der Waals surface area contributed by atoms with Crippen molar-refractivity contribution in [2.75, 3.05) is 13.1 Å². The zero-order valence-electron chi connectivity index (χ0n) is 16.3. The van der Waals surface area contributed by atoms with Crippen molar-refractivity contribution in [1.29, 1.82) is 0 Å². The number of likely N-dealkylation sites (tertiary alicyclic amines) is 1. The fourth-order valence-corrected chi connectivity index (χ4v) is 3.94. The highest BCUT2D eigenvalue weighted by Gasteiger charge is 2.27. The Hall–Kier alpha value is -3.26. The minimum Gasteiger partial charge on any atom is -0.299 e. The first-order valence-corrected chi connectivity index (χ1v) is 9.70. The number of non-ortho nitro benzene ring substituents is 1. The highest BCUT2D eigenvalue weighted by Crippen LogP contribution is 2.28. The summed E-state index contributed by atoms with van der Waals surface area (Å²) in [6, 6.07) is 16.4. The van der Waals surface area contributed by atoms with E-state index in [1.807, 2.05) is 36.4 Å². The molecule has 2 aromatic carbocycles. The van der Waals surface area contributed by atoms with E-state index in [1.54, 1.807) is 23.7 Å². The van der Waals surface area contributed by atoms with Gasteiger partial charge in [0.1, 0.15) is 5.82 Å². The van der Waals surface area contributed by atoms with E-state index < -0.39 is 0 Å². The maximum Gasteiger partial charge on any atom is 0.350 e. The van der Waals surface area contributed by atoms with Crippen LogP contribution in [0.5, 0.6) is 0 Å². The van der Waals surface area contributed by atoms with Gasteiger partial charge in [-0.2, -0.15) is 5.10 Å². The molecule has 0 aliphatic carbocycles. The van der Waals surface area contributed by atoms with Crippen molar-refractivity contribution in [3.05, 3.63) is 86.6 Å². The quantitative estimate of drug-likeness (QED) is 0.491. The largest absolute Gasteiger partial charge is 0.350 e. The fourth-order valence-electron chi connectivity index (χ4n) is 3.94. The van der Waals surface area contributed by atoms with Crippen molar-refractivity contribution in [1.82, 2.24) is 19.2 Å². The number of nitro groups is 1. The van der Waals surface area contributed by atoms with Gasteiger partial charge in [-0.15, -0.1) is 0 Å². The van der Waals surface area contributed by atoms with Crippen LogP contribution in [-0.4, -0.2) is 37.3 Å². The van der Waals surface area contributed by atoms with Gasteiger partial charge in [0.2, 0.25) is 0 Å². The van der Waals surface area contributed by atoms with Gasteiger partial charge in [-0.05, 0) is 43.6 Å². The van der Waals surface area contributed by atoms with Gasteiger partial charge < -0.3 is 0 Å². The zero-order chi connectivity index (χ0) is 20.4. The lowest BCUT2D eigenvalue weighted by Crippen LogP contribution is -2.33. The van der Waals surface area contributed by atoms with Gasteiger partial charge in [0, 0.05) is 31.6 Å². The van der Waals surface area contributed by atoms with E-state index in [0.29, 0.717) is 6.54 Å². The van der Waals surface area contributed by atoms with Crippen LogP contribution in [0.3, 0.4) is 0 Å². The molecule has 0 radical (unpaired) electrons. The van der Waals surface area contributed by atoms with Crippen LogP contribution in [0.4, 0.5) is 5.69 Å². The van der Waals surface area contributed by atoms with E-state index in [4.69, 9.17) is 0 Å². The Morgan fingerprint density at radius 2 is 1.83 bits per heavy atom. The summed E-state index contributed by atoms with van der Waals surface area (Å²) in [6.07, 6.45) is 1.77. The van der Waals surface area contributed by atoms with Gasteiger partial charge in [-0.1, -0.05) is 30.3 Å². The molecule has 2 heterocycles. The molecule has 0 amide bonds. The molecule has 4 rings (SSSR count). The number of rotatable bonds is 5. The second kappa shape index (κ2) is 8.00. The van der Waals surface area contributed by atoms with E-state index in [-0.39, 0.29) is 22.2 Å². The minimum absolute atomic E-state index is 0.123. The monoisotopic (exact) mass is 393 g/mol. The summed E-state index contributed by atoms with van der Waals surface area (Å²) in [5.41, 5.74) is 1.76. The molecular formula is C21H23N5O3. The molecule has 1 saturated heterocycles. The molecule has 0 unspecified atom stereocenters. The number of piperidine rings is 1. The van der Waals surface area contributed by atoms with E-state index in [2.05, 4.69) is 10.00 Å². The number of para-hydroxylation sites is 1. The summed E-state index contributed by atoms with van der Waals surface area (Å²) in [4.78, 5) is 25.5. The van der Waals surface area contributed by atoms with Gasteiger partial charge in [0.15, 0.2) is 0 Å². The predicted octanol–water partition coefficient (Wildman–Crippen LogP) is 2.86. The van der Waals surface area contributed by atoms with Crippen LogP contribution in [0.1, 0.15) is 30.1 Å². The molecule has 1 aliphatic heterocycles. The van der Waals surface area contributed by atoms with E-state index in [0.717, 1.165) is 43.0 Å². The third kappa shape index (κ3) is 3.97. The van der Waals surface area contributed by atoms with E-state index >= 15 is 0 Å². The molecule has 0 atom stereocenters. The Bertz CT molecular complexity index is 1070. The van der Waals surface area contributed by atoms with Crippen LogP contribution in [0.15, 0.2) is 59.4 Å². The van der Waals surface area contributed by atoms with Crippen molar-refractivity contribution < 1.29 is 4.92 Å². The number of benzene rings is 2. The molecule has 150 valence electrons. The number of aryl methyl sites for hydroxylation is 1. The summed E-state index contributed by atoms with van der Waals surface area (Å²) < 4.78 is 3.11. The average Bonchev–Trinajstić information content (AvgIpc) is 3.04. The lowest BCUT2D eigenvalue weighted by atomic mass is 9.95. The fraction of sp³-hybridized carbons (Fsp3) is 0.333. The highest BCUT2D eigenvalue weighted by atomic mass is 16.6. The van der Waals surface area contributed by atoms with Crippen LogP contribution in [-0.2, 0) is 13.6 Å². The van der Waals surface area contributed by atoms with Crippen LogP contribution in [0, 0.1) is 10.1 Å². The van der Waals surface area contributed by atoms with Crippen molar-refractivity contribution >= 4 is 5.69 Å². The van der Waals surface area contributed by atoms with Gasteiger partial charge >= 0.3 is 5.69 Å². The Labute approximate surface area is 168 Å². The molecule has 1 fully saturated rings. The molecule has 3 aromatic rings. The van der Waals surface area contributed by atoms with Crippen LogP contribution < -0.4 is 5.69 Å². The number of aromatic nitrogens is 3. The van der Waals surface area contributed by atoms with Crippen molar-refractivity contribution in [2.24, 2.45) is 7.05 Å². The zero-order valence-corrected chi connectivity index (χ0v) is 16.3. The van der Waals surface area contributed by atoms with Gasteiger partial charge in [-0.25, -0.2) is 14.0 Å². The Balaban J connectivity index is 1.48. The Kier molecular flexibility index (Phi) is 5.26. The van der Waals surface area contributed by atoms with Gasteiger partial charge in [0.25, 0.3) is 5.69 Å². The van der Waals surface area contributed by atoms with Crippen molar-refractivity contribution in [3.8, 4) is 5.69 Å². The molecule has 1 aromatic heterocycles. The maximum atomic E-state index is 12.6. The van der Waals surface area contributed by atoms with Gasteiger partial charge in [0.05, 0.1) is 10.6 Å². The van der Waals surface area contributed by atoms with E-state index in [1.165, 1.54) is 10.7 Å². The third-order valence-corrected chi connectivity index (χ3v) is 5.44. The normalized spacial score (nSPS) is 15.5. The van der Waals surface area contributed by atoms with Crippen LogP contribution >= 0.6 is 0 Å². The molecule has 0 bridgehead atoms. The summed E-state index contributed by atoms with van der Waals surface area (Å²) in [5.74, 6) is 1.00. The first-order chi connectivity index (χ1) is 14.0. The number of hydrogen-bond acceptors (Lipinski definition) is 5. The molecule has 0 N–H and O–H groups in total. The first-order valence-electron chi connectivity index (χ1n) is 9.70. The number of hydrogen-bond donors (Lipinski definition) is 0. The van der Waals surface area contributed by atoms with Crippen molar-refractivity contribution in [2.45, 2.75) is 25.3 Å². The van der Waals surface area contributed by atoms with Crippen molar-refractivity contribution in [3.63, 3.8) is 0 Å². The standard InChI is InChI=1S/C21H23N5O3/c1-23-21(27)25(18-7-3-2-4-8-18)20(22-23)17-10-12-24(13-11-17)15-16-6-5-9-19(14-16)26(28)29/h2-9,14,17H,10-13,15H2,1H3. The van der Waals surface area contributed by atoms with E-state index in [9.17, 15) is 14.9 Å². The Morgan fingerprint density at radius 1 is 1.10 bits per heavy atom.